The molecule has 0 aliphatic carbocycles. The molecule has 0 aliphatic heterocycles. The topological polar surface area (TPSA) is 21.3 Å². The van der Waals surface area contributed by atoms with Crippen LogP contribution in [0.5, 0.6) is 5.75 Å². The highest BCUT2D eigenvalue weighted by Gasteiger charge is 2.04. The molecule has 0 heterocycles. The maximum absolute atomic E-state index is 5.56. The smallest absolute Gasteiger partial charge is 0.148 e. The van der Waals surface area contributed by atoms with E-state index in [4.69, 9.17) is 11.2 Å². The zero-order chi connectivity index (χ0) is 15.3. The average Bonchev–Trinajstić information content (AvgIpc) is 2.49. The Balaban J connectivity index is 2.27. The van der Waals surface area contributed by atoms with Crippen molar-refractivity contribution >= 4 is 27.7 Å². The first kappa shape index (κ1) is 18.4. The number of nitrogens with one attached hydrogen (secondary N) is 1. The summed E-state index contributed by atoms with van der Waals surface area (Å²) in [5.74, 6) is 4.65. The lowest BCUT2D eigenvalue weighted by atomic mass is 10.2. The molecule has 0 saturated heterocycles. The number of unbranched alkanes of at least 4 members (excludes halogenated alkanes) is 3. The van der Waals surface area contributed by atoms with Crippen LogP contribution >= 0.6 is 27.7 Å². The fourth-order valence-corrected chi connectivity index (χ4v) is 2.92. The van der Waals surface area contributed by atoms with Crippen molar-refractivity contribution in [2.45, 2.75) is 32.2 Å². The highest BCUT2D eigenvalue weighted by Crippen LogP contribution is 2.23. The lowest BCUT2D eigenvalue weighted by Gasteiger charge is -2.11. The predicted octanol–water partition coefficient (Wildman–Crippen LogP) is 4.47. The molecule has 1 aromatic rings. The van der Waals surface area contributed by atoms with Gasteiger partial charge in [-0.25, -0.2) is 0 Å². The molecule has 21 heavy (non-hydrogen) atoms. The first-order valence-electron chi connectivity index (χ1n) is 7.32. The van der Waals surface area contributed by atoms with Gasteiger partial charge in [0.2, 0.25) is 0 Å². The molecule has 0 fully saturated rings. The first-order chi connectivity index (χ1) is 10.3. The van der Waals surface area contributed by atoms with Crippen LogP contribution in [-0.4, -0.2) is 25.2 Å². The summed E-state index contributed by atoms with van der Waals surface area (Å²) in [5, 5.41) is 3.48. The Morgan fingerprint density at radius 2 is 2.10 bits per heavy atom. The van der Waals surface area contributed by atoms with Gasteiger partial charge in [0.1, 0.15) is 12.4 Å². The summed E-state index contributed by atoms with van der Waals surface area (Å²) in [7, 11) is 0. The van der Waals surface area contributed by atoms with Crippen molar-refractivity contribution < 1.29 is 4.74 Å². The average molecular weight is 370 g/mol. The minimum Gasteiger partial charge on any atom is -0.481 e. The molecule has 2 nitrogen and oxygen atoms in total. The fourth-order valence-electron chi connectivity index (χ4n) is 2.02. The molecule has 116 valence electrons. The molecule has 4 heteroatoms. The Bertz CT molecular complexity index is 445. The quantitative estimate of drug-likeness (QED) is 0.459. The van der Waals surface area contributed by atoms with Crippen molar-refractivity contribution in [3.8, 4) is 18.1 Å². The molecular weight excluding hydrogens is 346 g/mol. The van der Waals surface area contributed by atoms with Crippen LogP contribution in [0.4, 0.5) is 0 Å². The van der Waals surface area contributed by atoms with E-state index in [1.165, 1.54) is 31.4 Å². The maximum Gasteiger partial charge on any atom is 0.148 e. The molecule has 0 aromatic heterocycles. The van der Waals surface area contributed by atoms with Crippen LogP contribution in [0.2, 0.25) is 0 Å². The monoisotopic (exact) mass is 369 g/mol. The highest BCUT2D eigenvalue weighted by atomic mass is 79.9. The van der Waals surface area contributed by atoms with Crippen LogP contribution in [0.3, 0.4) is 0 Å². The second-order valence-corrected chi connectivity index (χ2v) is 6.73. The van der Waals surface area contributed by atoms with Crippen LogP contribution < -0.4 is 10.1 Å². The van der Waals surface area contributed by atoms with Gasteiger partial charge in [0.25, 0.3) is 0 Å². The van der Waals surface area contributed by atoms with Crippen molar-refractivity contribution in [3.05, 3.63) is 28.2 Å². The van der Waals surface area contributed by atoms with Crippen LogP contribution in [0.25, 0.3) is 0 Å². The molecule has 0 aliphatic rings. The van der Waals surface area contributed by atoms with E-state index in [9.17, 15) is 0 Å². The lowest BCUT2D eigenvalue weighted by molar-refractivity contribution is 0.364. The molecule has 1 aromatic carbocycles. The predicted molar refractivity (Wildman–Crippen MR) is 97.0 cm³/mol. The maximum atomic E-state index is 5.56. The SMILES string of the molecule is C#CCOc1ccc(Br)cc1CNCCCCCCSC. The Labute approximate surface area is 141 Å². The summed E-state index contributed by atoms with van der Waals surface area (Å²) in [6.45, 7) is 2.16. The third-order valence-corrected chi connectivity index (χ3v) is 4.29. The van der Waals surface area contributed by atoms with Crippen LogP contribution in [0.15, 0.2) is 22.7 Å². The fraction of sp³-hybridized carbons (Fsp3) is 0.529. The van der Waals surface area contributed by atoms with E-state index < -0.39 is 0 Å². The minimum atomic E-state index is 0.310. The zero-order valence-electron chi connectivity index (χ0n) is 12.7. The molecule has 1 rings (SSSR count). The molecule has 1 N–H and O–H groups in total. The van der Waals surface area contributed by atoms with Crippen LogP contribution in [0, 0.1) is 12.3 Å². The molecular formula is C17H24BrNOS. The van der Waals surface area contributed by atoms with Gasteiger partial charge in [0.15, 0.2) is 0 Å². The lowest BCUT2D eigenvalue weighted by Crippen LogP contribution is -2.15. The first-order valence-corrected chi connectivity index (χ1v) is 9.51. The highest BCUT2D eigenvalue weighted by molar-refractivity contribution is 9.10. The van der Waals surface area contributed by atoms with E-state index in [-0.39, 0.29) is 0 Å². The third-order valence-electron chi connectivity index (χ3n) is 3.10. The zero-order valence-corrected chi connectivity index (χ0v) is 15.1. The van der Waals surface area contributed by atoms with E-state index in [2.05, 4.69) is 39.5 Å². The normalized spacial score (nSPS) is 10.3. The van der Waals surface area contributed by atoms with Gasteiger partial charge in [0.05, 0.1) is 0 Å². The van der Waals surface area contributed by atoms with Crippen molar-refractivity contribution in [3.63, 3.8) is 0 Å². The van der Waals surface area contributed by atoms with E-state index in [1.54, 1.807) is 0 Å². The summed E-state index contributed by atoms with van der Waals surface area (Å²) < 4.78 is 6.62. The number of hydrogen-bond acceptors (Lipinski definition) is 3. The Morgan fingerprint density at radius 1 is 1.29 bits per heavy atom. The molecule has 0 radical (unpaired) electrons. The number of terminal acetylenes is 1. The molecule has 0 bridgehead atoms. The van der Waals surface area contributed by atoms with Crippen LogP contribution in [-0.2, 0) is 6.54 Å². The van der Waals surface area contributed by atoms with E-state index in [0.717, 1.165) is 28.9 Å². The van der Waals surface area contributed by atoms with Gasteiger partial charge < -0.3 is 10.1 Å². The third kappa shape index (κ3) is 8.40. The Morgan fingerprint density at radius 3 is 2.86 bits per heavy atom. The molecule has 0 unspecified atom stereocenters. The number of halogens is 1. The van der Waals surface area contributed by atoms with Gasteiger partial charge in [-0.15, -0.1) is 6.42 Å². The standard InChI is InChI=1S/C17H24BrNOS/c1-3-11-20-17-9-8-16(18)13-15(17)14-19-10-6-4-5-7-12-21-2/h1,8-9,13,19H,4-7,10-12,14H2,2H3. The van der Waals surface area contributed by atoms with Crippen LogP contribution in [0.1, 0.15) is 31.2 Å². The van der Waals surface area contributed by atoms with Crippen molar-refractivity contribution in [2.24, 2.45) is 0 Å². The molecule has 0 spiro atoms. The largest absolute Gasteiger partial charge is 0.481 e. The second-order valence-electron chi connectivity index (χ2n) is 4.83. The van der Waals surface area contributed by atoms with Gasteiger partial charge >= 0.3 is 0 Å². The summed E-state index contributed by atoms with van der Waals surface area (Å²) in [5.41, 5.74) is 1.14. The van der Waals surface area contributed by atoms with Gasteiger partial charge in [-0.2, -0.15) is 11.8 Å². The number of ether oxygens (including phenoxy) is 1. The number of hydrogen-bond donors (Lipinski definition) is 1. The van der Waals surface area contributed by atoms with Gasteiger partial charge in [0, 0.05) is 16.6 Å². The van der Waals surface area contributed by atoms with E-state index in [1.807, 2.05) is 23.9 Å². The Hall–Kier alpha value is -0.630. The number of rotatable bonds is 11. The van der Waals surface area contributed by atoms with Gasteiger partial charge in [-0.3, -0.25) is 0 Å². The van der Waals surface area contributed by atoms with Gasteiger partial charge in [-0.1, -0.05) is 34.7 Å². The van der Waals surface area contributed by atoms with Crippen molar-refractivity contribution in [1.82, 2.24) is 5.32 Å². The van der Waals surface area contributed by atoms with Crippen molar-refractivity contribution in [2.75, 3.05) is 25.2 Å². The summed E-state index contributed by atoms with van der Waals surface area (Å²) >= 11 is 5.43. The Kier molecular flexibility index (Phi) is 10.5. The summed E-state index contributed by atoms with van der Waals surface area (Å²) in [4.78, 5) is 0. The molecule has 0 amide bonds. The van der Waals surface area contributed by atoms with E-state index >= 15 is 0 Å². The molecule has 0 atom stereocenters. The van der Waals surface area contributed by atoms with Crippen molar-refractivity contribution in [1.29, 1.82) is 0 Å². The number of thioether (sulfide) groups is 1. The second kappa shape index (κ2) is 12.0. The molecule has 0 saturated carbocycles. The van der Waals surface area contributed by atoms with Gasteiger partial charge in [-0.05, 0) is 49.6 Å². The summed E-state index contributed by atoms with van der Waals surface area (Å²) in [6.07, 6.45) is 12.6. The minimum absolute atomic E-state index is 0.310. The van der Waals surface area contributed by atoms with E-state index in [0.29, 0.717) is 6.61 Å². The summed E-state index contributed by atoms with van der Waals surface area (Å²) in [6, 6.07) is 6.01. The number of benzene rings is 1.